The van der Waals surface area contributed by atoms with Gasteiger partial charge < -0.3 is 5.32 Å². The number of hydrogen-bond acceptors (Lipinski definition) is 4. The Bertz CT molecular complexity index is 684. The van der Waals surface area contributed by atoms with E-state index < -0.39 is 0 Å². The third kappa shape index (κ3) is 2.53. The minimum atomic E-state index is 0.212. The lowest BCUT2D eigenvalue weighted by Crippen LogP contribution is -2.29. The number of rotatable bonds is 1. The molecule has 2 aliphatic rings. The number of aliphatic imine (C=N–C) groups is 1. The Hall–Kier alpha value is -1.55. The molecule has 1 spiro atoms. The Kier molecular flexibility index (Phi) is 3.34. The number of hydrogen-bond donors (Lipinski definition) is 1. The molecular weight excluding hydrogens is 278 g/mol. The number of amidine groups is 1. The lowest BCUT2D eigenvalue weighted by Gasteiger charge is -2.29. The lowest BCUT2D eigenvalue weighted by molar-refractivity contribution is 0.335. The topological polar surface area (TPSA) is 37.3 Å². The van der Waals surface area contributed by atoms with Gasteiger partial charge in [0.15, 0.2) is 5.17 Å². The van der Waals surface area contributed by atoms with E-state index in [-0.39, 0.29) is 5.54 Å². The van der Waals surface area contributed by atoms with Gasteiger partial charge in [-0.1, -0.05) is 49.2 Å². The molecule has 1 N–H and O–H groups in total. The summed E-state index contributed by atoms with van der Waals surface area (Å²) in [6.07, 6.45) is 8.37. The lowest BCUT2D eigenvalue weighted by atomic mass is 9.84. The monoisotopic (exact) mass is 297 g/mol. The molecule has 21 heavy (non-hydrogen) atoms. The molecule has 0 radical (unpaired) electrons. The van der Waals surface area contributed by atoms with Crippen LogP contribution < -0.4 is 5.32 Å². The first-order valence-electron chi connectivity index (χ1n) is 7.68. The summed E-state index contributed by atoms with van der Waals surface area (Å²) in [5, 5.41) is 5.74. The second kappa shape index (κ2) is 5.34. The van der Waals surface area contributed by atoms with Gasteiger partial charge in [0.2, 0.25) is 0 Å². The molecule has 1 saturated carbocycles. The van der Waals surface area contributed by atoms with Gasteiger partial charge in [0.05, 0.1) is 16.7 Å². The zero-order chi connectivity index (χ0) is 14.1. The molecule has 0 unspecified atom stereocenters. The second-order valence-electron chi connectivity index (χ2n) is 6.00. The zero-order valence-electron chi connectivity index (χ0n) is 12.0. The van der Waals surface area contributed by atoms with Gasteiger partial charge in [-0.05, 0) is 25.0 Å². The number of fused-ring (bicyclic) bond motifs is 1. The van der Waals surface area contributed by atoms with E-state index in [2.05, 4.69) is 34.6 Å². The first-order valence-corrected chi connectivity index (χ1v) is 8.67. The van der Waals surface area contributed by atoms with Crippen molar-refractivity contribution in [2.45, 2.75) is 37.6 Å². The van der Waals surface area contributed by atoms with Crippen LogP contribution in [0.25, 0.3) is 10.9 Å². The van der Waals surface area contributed by atoms with Gasteiger partial charge in [0.25, 0.3) is 0 Å². The standard InChI is InChI=1S/C17H19N3S/c1-2-9-17(10-3-1)12-21-16(20-17)19-14-8-4-6-13-7-5-11-18-15(13)14/h4-8,11H,1-3,9-10,12H2,(H,19,20). The minimum Gasteiger partial charge on any atom is -0.333 e. The first kappa shape index (κ1) is 13.1. The number of anilines is 1. The molecule has 2 aromatic rings. The van der Waals surface area contributed by atoms with E-state index in [1.165, 1.54) is 37.5 Å². The van der Waals surface area contributed by atoms with E-state index >= 15 is 0 Å². The van der Waals surface area contributed by atoms with Crippen molar-refractivity contribution in [3.63, 3.8) is 0 Å². The molecule has 4 rings (SSSR count). The summed E-state index contributed by atoms with van der Waals surface area (Å²) in [5.41, 5.74) is 2.29. The highest BCUT2D eigenvalue weighted by molar-refractivity contribution is 8.14. The smallest absolute Gasteiger partial charge is 0.161 e. The summed E-state index contributed by atoms with van der Waals surface area (Å²) < 4.78 is 0. The van der Waals surface area contributed by atoms with Gasteiger partial charge in [0, 0.05) is 17.3 Å². The molecule has 1 aromatic heterocycles. The Labute approximate surface area is 129 Å². The predicted molar refractivity (Wildman–Crippen MR) is 91.1 cm³/mol. The summed E-state index contributed by atoms with van der Waals surface area (Å²) in [7, 11) is 0. The predicted octanol–water partition coefficient (Wildman–Crippen LogP) is 4.45. The normalized spacial score (nSPS) is 20.7. The number of pyridine rings is 1. The maximum Gasteiger partial charge on any atom is 0.161 e. The average molecular weight is 297 g/mol. The number of nitrogens with one attached hydrogen (secondary N) is 1. The number of aromatic nitrogens is 1. The molecular formula is C17H19N3S. The van der Waals surface area contributed by atoms with Crippen LogP contribution in [0.5, 0.6) is 0 Å². The number of nitrogens with zero attached hydrogens (tertiary/aromatic N) is 2. The van der Waals surface area contributed by atoms with Crippen LogP contribution in [0, 0.1) is 0 Å². The van der Waals surface area contributed by atoms with Crippen LogP contribution in [0.15, 0.2) is 41.5 Å². The fourth-order valence-electron chi connectivity index (χ4n) is 3.33. The van der Waals surface area contributed by atoms with Crippen molar-refractivity contribution < 1.29 is 0 Å². The highest BCUT2D eigenvalue weighted by Crippen LogP contribution is 2.40. The van der Waals surface area contributed by atoms with E-state index in [1.807, 2.05) is 24.0 Å². The van der Waals surface area contributed by atoms with Crippen molar-refractivity contribution in [3.8, 4) is 0 Å². The molecule has 1 fully saturated rings. The van der Waals surface area contributed by atoms with Crippen molar-refractivity contribution >= 4 is 33.5 Å². The highest BCUT2D eigenvalue weighted by Gasteiger charge is 2.36. The number of para-hydroxylation sites is 1. The fourth-order valence-corrected chi connectivity index (χ4v) is 4.53. The molecule has 2 heterocycles. The van der Waals surface area contributed by atoms with E-state index in [0.717, 1.165) is 22.1 Å². The quantitative estimate of drug-likeness (QED) is 0.845. The molecule has 3 nitrogen and oxygen atoms in total. The maximum atomic E-state index is 5.02. The molecule has 108 valence electrons. The highest BCUT2D eigenvalue weighted by atomic mass is 32.2. The molecule has 0 bridgehead atoms. The summed E-state index contributed by atoms with van der Waals surface area (Å²) in [6, 6.07) is 10.3. The largest absolute Gasteiger partial charge is 0.333 e. The Morgan fingerprint density at radius 1 is 1.05 bits per heavy atom. The Balaban J connectivity index is 1.62. The Morgan fingerprint density at radius 2 is 1.90 bits per heavy atom. The van der Waals surface area contributed by atoms with Gasteiger partial charge in [-0.2, -0.15) is 0 Å². The number of thioether (sulfide) groups is 1. The molecule has 1 aliphatic heterocycles. The number of benzene rings is 1. The summed E-state index contributed by atoms with van der Waals surface area (Å²) in [4.78, 5) is 9.52. The van der Waals surface area contributed by atoms with Gasteiger partial charge >= 0.3 is 0 Å². The molecule has 4 heteroatoms. The molecule has 1 aromatic carbocycles. The van der Waals surface area contributed by atoms with E-state index in [4.69, 9.17) is 4.99 Å². The second-order valence-corrected chi connectivity index (χ2v) is 6.96. The minimum absolute atomic E-state index is 0.212. The van der Waals surface area contributed by atoms with Crippen molar-refractivity contribution in [1.82, 2.24) is 4.98 Å². The van der Waals surface area contributed by atoms with Crippen LogP contribution in [-0.4, -0.2) is 21.4 Å². The summed E-state index contributed by atoms with van der Waals surface area (Å²) in [5.74, 6) is 1.13. The molecule has 1 aliphatic carbocycles. The van der Waals surface area contributed by atoms with Crippen molar-refractivity contribution in [1.29, 1.82) is 0 Å². The van der Waals surface area contributed by atoms with Crippen LogP contribution in [0.3, 0.4) is 0 Å². The summed E-state index contributed by atoms with van der Waals surface area (Å²) >= 11 is 1.86. The van der Waals surface area contributed by atoms with Crippen LogP contribution >= 0.6 is 11.8 Å². The van der Waals surface area contributed by atoms with Gasteiger partial charge in [0.1, 0.15) is 0 Å². The van der Waals surface area contributed by atoms with Crippen molar-refractivity contribution in [2.75, 3.05) is 11.1 Å². The average Bonchev–Trinajstić information content (AvgIpc) is 2.91. The van der Waals surface area contributed by atoms with Gasteiger partial charge in [-0.3, -0.25) is 9.98 Å². The maximum absolute atomic E-state index is 5.02. The van der Waals surface area contributed by atoms with Crippen LogP contribution in [0.4, 0.5) is 5.69 Å². The van der Waals surface area contributed by atoms with Crippen molar-refractivity contribution in [2.24, 2.45) is 4.99 Å². The van der Waals surface area contributed by atoms with Crippen LogP contribution in [-0.2, 0) is 0 Å². The van der Waals surface area contributed by atoms with Gasteiger partial charge in [-0.25, -0.2) is 0 Å². The van der Waals surface area contributed by atoms with E-state index in [1.54, 1.807) is 0 Å². The molecule has 0 saturated heterocycles. The third-order valence-corrected chi connectivity index (χ3v) is 5.62. The van der Waals surface area contributed by atoms with E-state index in [0.29, 0.717) is 0 Å². The van der Waals surface area contributed by atoms with Gasteiger partial charge in [-0.15, -0.1) is 0 Å². The van der Waals surface area contributed by atoms with E-state index in [9.17, 15) is 0 Å². The van der Waals surface area contributed by atoms with Crippen LogP contribution in [0.1, 0.15) is 32.1 Å². The van der Waals surface area contributed by atoms with Crippen molar-refractivity contribution in [3.05, 3.63) is 36.5 Å². The van der Waals surface area contributed by atoms with Crippen LogP contribution in [0.2, 0.25) is 0 Å². The SMILES string of the molecule is c1cnc2c(NC3=NC4(CCCCC4)CS3)cccc2c1. The Morgan fingerprint density at radius 3 is 2.81 bits per heavy atom. The zero-order valence-corrected chi connectivity index (χ0v) is 12.8. The third-order valence-electron chi connectivity index (χ3n) is 4.47. The summed E-state index contributed by atoms with van der Waals surface area (Å²) in [6.45, 7) is 0. The molecule has 0 atom stereocenters. The molecule has 0 amide bonds. The fraction of sp³-hybridized carbons (Fsp3) is 0.412. The first-order chi connectivity index (χ1) is 10.3.